The molecule has 0 aliphatic carbocycles. The van der Waals surface area contributed by atoms with Crippen molar-refractivity contribution in [3.63, 3.8) is 0 Å². The Morgan fingerprint density at radius 2 is 2.10 bits per heavy atom. The van der Waals surface area contributed by atoms with E-state index in [-0.39, 0.29) is 11.9 Å². The van der Waals surface area contributed by atoms with Gasteiger partial charge in [-0.1, -0.05) is 37.3 Å². The summed E-state index contributed by atoms with van der Waals surface area (Å²) in [7, 11) is 0. The number of aromatic nitrogens is 1. The fraction of sp³-hybridized carbons (Fsp3) is 0.333. The standard InChI is InChI=1S/C15H19N3OS/c1-3-12-9-17-15(20-12)10(2)18-14(19)13(16)11-7-5-4-6-8-11/h4-10,13H,3,16H2,1-2H3,(H,18,19). The smallest absolute Gasteiger partial charge is 0.242 e. The topological polar surface area (TPSA) is 68.0 Å². The monoisotopic (exact) mass is 289 g/mol. The van der Waals surface area contributed by atoms with Crippen LogP contribution in [0.1, 0.15) is 41.4 Å². The molecule has 0 aliphatic rings. The number of nitrogens with zero attached hydrogens (tertiary/aromatic N) is 1. The molecule has 106 valence electrons. The Bertz CT molecular complexity index is 568. The van der Waals surface area contributed by atoms with Crippen molar-refractivity contribution in [2.45, 2.75) is 32.4 Å². The highest BCUT2D eigenvalue weighted by atomic mass is 32.1. The van der Waals surface area contributed by atoms with Crippen LogP contribution in [0.2, 0.25) is 0 Å². The summed E-state index contributed by atoms with van der Waals surface area (Å²) in [6, 6.07) is 8.59. The zero-order valence-electron chi connectivity index (χ0n) is 11.7. The Labute approximate surface area is 123 Å². The third kappa shape index (κ3) is 3.43. The number of nitrogens with two attached hydrogens (primary N) is 1. The largest absolute Gasteiger partial charge is 0.345 e. The fourth-order valence-corrected chi connectivity index (χ4v) is 2.72. The molecule has 1 aromatic carbocycles. The van der Waals surface area contributed by atoms with Crippen LogP contribution in [0, 0.1) is 0 Å². The first kappa shape index (κ1) is 14.7. The third-order valence-corrected chi connectivity index (χ3v) is 4.41. The number of carbonyl (C=O) groups excluding carboxylic acids is 1. The maximum absolute atomic E-state index is 12.1. The van der Waals surface area contributed by atoms with Gasteiger partial charge in [-0.2, -0.15) is 0 Å². The summed E-state index contributed by atoms with van der Waals surface area (Å²) in [5.41, 5.74) is 6.78. The molecule has 0 spiro atoms. The first-order chi connectivity index (χ1) is 9.61. The average Bonchev–Trinajstić information content (AvgIpc) is 2.96. The second-order valence-electron chi connectivity index (χ2n) is 4.64. The van der Waals surface area contributed by atoms with E-state index in [1.165, 1.54) is 4.88 Å². The summed E-state index contributed by atoms with van der Waals surface area (Å²) in [6.07, 6.45) is 2.82. The summed E-state index contributed by atoms with van der Waals surface area (Å²) < 4.78 is 0. The minimum Gasteiger partial charge on any atom is -0.345 e. The Balaban J connectivity index is 2.00. The van der Waals surface area contributed by atoms with Gasteiger partial charge in [0.2, 0.25) is 5.91 Å². The molecule has 2 rings (SSSR count). The van der Waals surface area contributed by atoms with Crippen molar-refractivity contribution in [3.05, 3.63) is 52.0 Å². The molecule has 1 aromatic heterocycles. The van der Waals surface area contributed by atoms with Crippen molar-refractivity contribution in [1.82, 2.24) is 10.3 Å². The van der Waals surface area contributed by atoms with Gasteiger partial charge in [-0.15, -0.1) is 11.3 Å². The molecule has 1 amide bonds. The molecule has 0 saturated carbocycles. The third-order valence-electron chi connectivity index (χ3n) is 3.09. The van der Waals surface area contributed by atoms with Gasteiger partial charge in [0.05, 0.1) is 6.04 Å². The van der Waals surface area contributed by atoms with Gasteiger partial charge in [-0.3, -0.25) is 4.79 Å². The molecule has 2 atom stereocenters. The van der Waals surface area contributed by atoms with E-state index in [2.05, 4.69) is 17.2 Å². The van der Waals surface area contributed by atoms with E-state index < -0.39 is 6.04 Å². The molecule has 20 heavy (non-hydrogen) atoms. The first-order valence-electron chi connectivity index (χ1n) is 6.67. The highest BCUT2D eigenvalue weighted by Crippen LogP contribution is 2.21. The maximum Gasteiger partial charge on any atom is 0.242 e. The van der Waals surface area contributed by atoms with Gasteiger partial charge < -0.3 is 11.1 Å². The summed E-state index contributed by atoms with van der Waals surface area (Å²) in [5.74, 6) is -0.183. The van der Waals surface area contributed by atoms with Crippen molar-refractivity contribution < 1.29 is 4.79 Å². The maximum atomic E-state index is 12.1. The van der Waals surface area contributed by atoms with Crippen LogP contribution in [-0.4, -0.2) is 10.9 Å². The fourth-order valence-electron chi connectivity index (χ4n) is 1.86. The van der Waals surface area contributed by atoms with Crippen molar-refractivity contribution >= 4 is 17.2 Å². The number of aryl methyl sites for hydroxylation is 1. The molecule has 4 nitrogen and oxygen atoms in total. The predicted octanol–water partition coefficient (Wildman–Crippen LogP) is 2.58. The average molecular weight is 289 g/mol. The number of benzene rings is 1. The predicted molar refractivity (Wildman–Crippen MR) is 81.4 cm³/mol. The van der Waals surface area contributed by atoms with E-state index in [0.717, 1.165) is 17.0 Å². The van der Waals surface area contributed by atoms with Gasteiger partial charge in [0.25, 0.3) is 0 Å². The van der Waals surface area contributed by atoms with E-state index in [4.69, 9.17) is 5.73 Å². The van der Waals surface area contributed by atoms with E-state index in [0.29, 0.717) is 0 Å². The Morgan fingerprint density at radius 3 is 2.70 bits per heavy atom. The normalized spacial score (nSPS) is 13.8. The molecule has 0 radical (unpaired) electrons. The number of amides is 1. The Hall–Kier alpha value is -1.72. The van der Waals surface area contributed by atoms with Crippen LogP contribution >= 0.6 is 11.3 Å². The lowest BCUT2D eigenvalue weighted by molar-refractivity contribution is -0.123. The lowest BCUT2D eigenvalue weighted by atomic mass is 10.1. The van der Waals surface area contributed by atoms with E-state index in [9.17, 15) is 4.79 Å². The first-order valence-corrected chi connectivity index (χ1v) is 7.49. The number of nitrogens with one attached hydrogen (secondary N) is 1. The molecule has 0 fully saturated rings. The SMILES string of the molecule is CCc1cnc(C(C)NC(=O)C(N)c2ccccc2)s1. The minimum absolute atomic E-state index is 0.123. The van der Waals surface area contributed by atoms with E-state index in [1.54, 1.807) is 11.3 Å². The molecule has 3 N–H and O–H groups in total. The van der Waals surface area contributed by atoms with Crippen molar-refractivity contribution in [2.24, 2.45) is 5.73 Å². The lowest BCUT2D eigenvalue weighted by Crippen LogP contribution is -2.35. The zero-order chi connectivity index (χ0) is 14.5. The zero-order valence-corrected chi connectivity index (χ0v) is 12.5. The number of rotatable bonds is 5. The molecule has 0 saturated heterocycles. The molecule has 2 aromatic rings. The van der Waals surface area contributed by atoms with Gasteiger partial charge >= 0.3 is 0 Å². The Kier molecular flexibility index (Phi) is 4.87. The minimum atomic E-state index is -0.649. The quantitative estimate of drug-likeness (QED) is 0.889. The number of hydrogen-bond donors (Lipinski definition) is 2. The molecule has 0 aliphatic heterocycles. The second kappa shape index (κ2) is 6.63. The van der Waals surface area contributed by atoms with Crippen LogP contribution in [-0.2, 0) is 11.2 Å². The van der Waals surface area contributed by atoms with E-state index in [1.807, 2.05) is 43.5 Å². The highest BCUT2D eigenvalue weighted by molar-refractivity contribution is 7.11. The highest BCUT2D eigenvalue weighted by Gasteiger charge is 2.19. The number of hydrogen-bond acceptors (Lipinski definition) is 4. The molecular formula is C15H19N3OS. The van der Waals surface area contributed by atoms with E-state index >= 15 is 0 Å². The molecule has 1 heterocycles. The molecule has 0 bridgehead atoms. The summed E-state index contributed by atoms with van der Waals surface area (Å²) >= 11 is 1.62. The van der Waals surface area contributed by atoms with Gasteiger partial charge in [0.1, 0.15) is 11.0 Å². The molecule has 5 heteroatoms. The van der Waals surface area contributed by atoms with Gasteiger partial charge in [0.15, 0.2) is 0 Å². The summed E-state index contributed by atoms with van der Waals surface area (Å²) in [5, 5.41) is 3.83. The molecule has 2 unspecified atom stereocenters. The van der Waals surface area contributed by atoms with Crippen molar-refractivity contribution in [3.8, 4) is 0 Å². The number of carbonyl (C=O) groups is 1. The summed E-state index contributed by atoms with van der Waals surface area (Å²) in [4.78, 5) is 17.7. The van der Waals surface area contributed by atoms with Crippen LogP contribution in [0.4, 0.5) is 0 Å². The Morgan fingerprint density at radius 1 is 1.40 bits per heavy atom. The lowest BCUT2D eigenvalue weighted by Gasteiger charge is -2.16. The number of thiazole rings is 1. The van der Waals surface area contributed by atoms with Crippen LogP contribution in [0.15, 0.2) is 36.5 Å². The molecular weight excluding hydrogens is 270 g/mol. The van der Waals surface area contributed by atoms with Gasteiger partial charge in [-0.25, -0.2) is 4.98 Å². The van der Waals surface area contributed by atoms with Gasteiger partial charge in [0, 0.05) is 11.1 Å². The summed E-state index contributed by atoms with van der Waals surface area (Å²) in [6.45, 7) is 4.01. The van der Waals surface area contributed by atoms with Crippen molar-refractivity contribution in [2.75, 3.05) is 0 Å². The second-order valence-corrected chi connectivity index (χ2v) is 5.78. The van der Waals surface area contributed by atoms with Crippen LogP contribution < -0.4 is 11.1 Å². The van der Waals surface area contributed by atoms with Crippen LogP contribution in [0.5, 0.6) is 0 Å². The van der Waals surface area contributed by atoms with Gasteiger partial charge in [-0.05, 0) is 18.9 Å². The van der Waals surface area contributed by atoms with Crippen LogP contribution in [0.25, 0.3) is 0 Å². The van der Waals surface area contributed by atoms with Crippen LogP contribution in [0.3, 0.4) is 0 Å². The van der Waals surface area contributed by atoms with Crippen molar-refractivity contribution in [1.29, 1.82) is 0 Å².